The lowest BCUT2D eigenvalue weighted by Crippen LogP contribution is -2.27. The van der Waals surface area contributed by atoms with E-state index in [1.807, 2.05) is 25.1 Å². The van der Waals surface area contributed by atoms with Gasteiger partial charge in [-0.2, -0.15) is 5.26 Å². The van der Waals surface area contributed by atoms with Gasteiger partial charge in [0.15, 0.2) is 0 Å². The fraction of sp³-hybridized carbons (Fsp3) is 0.222. The average Bonchev–Trinajstić information content (AvgIpc) is 2.62. The molecule has 0 saturated heterocycles. The van der Waals surface area contributed by atoms with E-state index < -0.39 is 10.0 Å². The van der Waals surface area contributed by atoms with E-state index in [1.54, 1.807) is 12.1 Å². The third kappa shape index (κ3) is 5.30. The van der Waals surface area contributed by atoms with Crippen molar-refractivity contribution in [1.29, 1.82) is 5.26 Å². The zero-order valence-electron chi connectivity index (χ0n) is 14.1. The second-order valence-electron chi connectivity index (χ2n) is 5.58. The summed E-state index contributed by atoms with van der Waals surface area (Å²) in [5.74, 6) is -0.311. The van der Waals surface area contributed by atoms with Crippen LogP contribution >= 0.6 is 11.6 Å². The molecule has 2 aromatic rings. The Kier molecular flexibility index (Phi) is 6.75. The van der Waals surface area contributed by atoms with Crippen molar-refractivity contribution in [2.75, 3.05) is 6.54 Å². The molecule has 0 unspecified atom stereocenters. The number of nitrogens with zero attached hydrogens (tertiary/aromatic N) is 1. The Balaban J connectivity index is 2.04. The van der Waals surface area contributed by atoms with Gasteiger partial charge in [0.2, 0.25) is 10.0 Å². The maximum absolute atomic E-state index is 12.3. The normalized spacial score (nSPS) is 12.2. The summed E-state index contributed by atoms with van der Waals surface area (Å²) in [5.41, 5.74) is 1.26. The Bertz CT molecular complexity index is 904. The Morgan fingerprint density at radius 3 is 2.35 bits per heavy atom. The van der Waals surface area contributed by atoms with Crippen molar-refractivity contribution in [3.63, 3.8) is 0 Å². The van der Waals surface area contributed by atoms with Crippen molar-refractivity contribution >= 4 is 27.5 Å². The molecule has 8 heteroatoms. The molecule has 0 saturated carbocycles. The monoisotopic (exact) mass is 391 g/mol. The number of hydrogen-bond donors (Lipinski definition) is 2. The number of carbonyl (C=O) groups excluding carboxylic acids is 1. The van der Waals surface area contributed by atoms with Crippen LogP contribution in [0.5, 0.6) is 0 Å². The molecule has 136 valence electrons. The molecule has 0 bridgehead atoms. The van der Waals surface area contributed by atoms with Gasteiger partial charge in [0, 0.05) is 23.6 Å². The van der Waals surface area contributed by atoms with E-state index in [9.17, 15) is 13.2 Å². The molecule has 1 atom stereocenters. The van der Waals surface area contributed by atoms with Crippen molar-refractivity contribution in [3.8, 4) is 6.07 Å². The van der Waals surface area contributed by atoms with E-state index in [-0.39, 0.29) is 29.8 Å². The van der Waals surface area contributed by atoms with Gasteiger partial charge in [-0.1, -0.05) is 23.7 Å². The van der Waals surface area contributed by atoms with Crippen molar-refractivity contribution in [1.82, 2.24) is 10.0 Å². The van der Waals surface area contributed by atoms with Crippen LogP contribution in [0.4, 0.5) is 0 Å². The Morgan fingerprint density at radius 2 is 1.77 bits per heavy atom. The van der Waals surface area contributed by atoms with Crippen LogP contribution in [-0.2, 0) is 10.0 Å². The maximum atomic E-state index is 12.3. The lowest BCUT2D eigenvalue weighted by molar-refractivity contribution is 0.0940. The summed E-state index contributed by atoms with van der Waals surface area (Å²) in [4.78, 5) is 12.4. The van der Waals surface area contributed by atoms with Gasteiger partial charge in [0.05, 0.1) is 17.0 Å². The molecule has 0 aliphatic carbocycles. The minimum atomic E-state index is -3.69. The van der Waals surface area contributed by atoms with Crippen LogP contribution in [0.15, 0.2) is 53.4 Å². The number of halogens is 1. The second kappa shape index (κ2) is 8.81. The molecule has 0 aliphatic heterocycles. The van der Waals surface area contributed by atoms with E-state index in [2.05, 4.69) is 10.0 Å². The SMILES string of the molecule is C[C@@H](NC(=O)c1ccc(S(=O)(=O)NCCC#N)cc1)c1ccc(Cl)cc1. The van der Waals surface area contributed by atoms with Gasteiger partial charge < -0.3 is 5.32 Å². The van der Waals surface area contributed by atoms with Crippen LogP contribution in [0.25, 0.3) is 0 Å². The average molecular weight is 392 g/mol. The topological polar surface area (TPSA) is 99.1 Å². The number of sulfonamides is 1. The zero-order chi connectivity index (χ0) is 19.2. The van der Waals surface area contributed by atoms with Crippen molar-refractivity contribution < 1.29 is 13.2 Å². The third-order valence-corrected chi connectivity index (χ3v) is 5.40. The first-order chi connectivity index (χ1) is 12.3. The minimum absolute atomic E-state index is 0.0396. The van der Waals surface area contributed by atoms with Crippen molar-refractivity contribution in [2.45, 2.75) is 24.3 Å². The summed E-state index contributed by atoms with van der Waals surface area (Å²) in [6.45, 7) is 1.89. The lowest BCUT2D eigenvalue weighted by atomic mass is 10.1. The van der Waals surface area contributed by atoms with Crippen LogP contribution in [0.1, 0.15) is 35.3 Å². The largest absolute Gasteiger partial charge is 0.346 e. The smallest absolute Gasteiger partial charge is 0.251 e. The highest BCUT2D eigenvalue weighted by Gasteiger charge is 2.15. The molecular formula is C18H18ClN3O3S. The molecule has 0 radical (unpaired) electrons. The van der Waals surface area contributed by atoms with Gasteiger partial charge in [0.1, 0.15) is 0 Å². The molecule has 0 aromatic heterocycles. The molecule has 0 spiro atoms. The van der Waals surface area contributed by atoms with Gasteiger partial charge in [-0.15, -0.1) is 0 Å². The number of hydrogen-bond acceptors (Lipinski definition) is 4. The molecule has 2 N–H and O–H groups in total. The molecule has 0 fully saturated rings. The summed E-state index contributed by atoms with van der Waals surface area (Å²) in [5, 5.41) is 11.9. The van der Waals surface area contributed by atoms with Crippen molar-refractivity contribution in [3.05, 3.63) is 64.7 Å². The predicted molar refractivity (Wildman–Crippen MR) is 99.2 cm³/mol. The molecule has 6 nitrogen and oxygen atoms in total. The van der Waals surface area contributed by atoms with Gasteiger partial charge in [-0.3, -0.25) is 4.79 Å². The minimum Gasteiger partial charge on any atom is -0.346 e. The fourth-order valence-corrected chi connectivity index (χ4v) is 3.38. The standard InChI is InChI=1S/C18H18ClN3O3S/c1-13(14-3-7-16(19)8-4-14)22-18(23)15-5-9-17(10-6-15)26(24,25)21-12-2-11-20/h3-10,13,21H,2,12H2,1H3,(H,22,23)/t13-/m1/s1. The van der Waals surface area contributed by atoms with Gasteiger partial charge >= 0.3 is 0 Å². The van der Waals surface area contributed by atoms with E-state index in [4.69, 9.17) is 16.9 Å². The van der Waals surface area contributed by atoms with Crippen LogP contribution in [0.3, 0.4) is 0 Å². The Morgan fingerprint density at radius 1 is 1.15 bits per heavy atom. The highest BCUT2D eigenvalue weighted by atomic mass is 35.5. The highest BCUT2D eigenvalue weighted by molar-refractivity contribution is 7.89. The Hall–Kier alpha value is -2.40. The maximum Gasteiger partial charge on any atom is 0.251 e. The number of amides is 1. The molecule has 2 rings (SSSR count). The van der Waals surface area contributed by atoms with E-state index in [0.717, 1.165) is 5.56 Å². The summed E-state index contributed by atoms with van der Waals surface area (Å²) >= 11 is 5.85. The van der Waals surface area contributed by atoms with Gasteiger partial charge in [-0.05, 0) is 48.9 Å². The Labute approximate surface area is 157 Å². The number of rotatable bonds is 7. The fourth-order valence-electron chi connectivity index (χ4n) is 2.22. The quantitative estimate of drug-likeness (QED) is 0.708. The van der Waals surface area contributed by atoms with Crippen LogP contribution in [0, 0.1) is 11.3 Å². The zero-order valence-corrected chi connectivity index (χ0v) is 15.6. The molecule has 1 amide bonds. The van der Waals surface area contributed by atoms with Crippen LogP contribution in [-0.4, -0.2) is 20.9 Å². The first-order valence-electron chi connectivity index (χ1n) is 7.86. The summed E-state index contributed by atoms with van der Waals surface area (Å²) in [7, 11) is -3.69. The summed E-state index contributed by atoms with van der Waals surface area (Å²) in [6, 6.07) is 14.4. The highest BCUT2D eigenvalue weighted by Crippen LogP contribution is 2.17. The van der Waals surface area contributed by atoms with E-state index in [0.29, 0.717) is 10.6 Å². The van der Waals surface area contributed by atoms with E-state index >= 15 is 0 Å². The van der Waals surface area contributed by atoms with Crippen LogP contribution in [0.2, 0.25) is 5.02 Å². The second-order valence-corrected chi connectivity index (χ2v) is 7.78. The summed E-state index contributed by atoms with van der Waals surface area (Å²) in [6.07, 6.45) is 0.0856. The number of nitriles is 1. The number of nitrogens with one attached hydrogen (secondary N) is 2. The summed E-state index contributed by atoms with van der Waals surface area (Å²) < 4.78 is 26.4. The van der Waals surface area contributed by atoms with Crippen molar-refractivity contribution in [2.24, 2.45) is 0 Å². The molecule has 2 aromatic carbocycles. The molecule has 0 heterocycles. The third-order valence-electron chi connectivity index (χ3n) is 3.67. The first-order valence-corrected chi connectivity index (χ1v) is 9.72. The number of carbonyl (C=O) groups is 1. The van der Waals surface area contributed by atoms with Gasteiger partial charge in [0.25, 0.3) is 5.91 Å². The lowest BCUT2D eigenvalue weighted by Gasteiger charge is -2.14. The molecule has 26 heavy (non-hydrogen) atoms. The first kappa shape index (κ1) is 19.9. The van der Waals surface area contributed by atoms with Crippen LogP contribution < -0.4 is 10.0 Å². The number of benzene rings is 2. The predicted octanol–water partition coefficient (Wildman–Crippen LogP) is 3.02. The molecular weight excluding hydrogens is 374 g/mol. The molecule has 0 aliphatic rings. The van der Waals surface area contributed by atoms with Gasteiger partial charge in [-0.25, -0.2) is 13.1 Å². The van der Waals surface area contributed by atoms with E-state index in [1.165, 1.54) is 24.3 Å².